The van der Waals surface area contributed by atoms with Crippen LogP contribution in [0.1, 0.15) is 33.3 Å². The van der Waals surface area contributed by atoms with E-state index >= 15 is 0 Å². The monoisotopic (exact) mass is 456 g/mol. The fraction of sp³-hybridized carbons (Fsp3) is 0.500. The van der Waals surface area contributed by atoms with Gasteiger partial charge in [0.2, 0.25) is 0 Å². The molecule has 7 heteroatoms. The summed E-state index contributed by atoms with van der Waals surface area (Å²) >= 11 is 0. The van der Waals surface area contributed by atoms with Crippen LogP contribution in [0.4, 0.5) is 4.79 Å². The number of nitrogens with zero attached hydrogens (tertiary/aromatic N) is 2. The first-order valence-electron chi connectivity index (χ1n) is 11.6. The third-order valence-electron chi connectivity index (χ3n) is 5.11. The van der Waals surface area contributed by atoms with Gasteiger partial charge in [-0.15, -0.1) is 0 Å². The van der Waals surface area contributed by atoms with Gasteiger partial charge >= 0.3 is 6.09 Å². The van der Waals surface area contributed by atoms with Crippen LogP contribution in [0, 0.1) is 0 Å². The number of amides is 1. The Morgan fingerprint density at radius 3 is 1.76 bits per heavy atom. The van der Waals surface area contributed by atoms with E-state index in [1.807, 2.05) is 64.1 Å². The molecule has 1 aliphatic heterocycles. The quantitative estimate of drug-likeness (QED) is 0.514. The maximum atomic E-state index is 12.2. The van der Waals surface area contributed by atoms with Gasteiger partial charge in [-0.25, -0.2) is 4.79 Å². The first kappa shape index (κ1) is 24.7. The van der Waals surface area contributed by atoms with Gasteiger partial charge in [-0.1, -0.05) is 12.1 Å². The van der Waals surface area contributed by atoms with E-state index in [-0.39, 0.29) is 6.09 Å². The van der Waals surface area contributed by atoms with E-state index < -0.39 is 5.60 Å². The lowest BCUT2D eigenvalue weighted by Gasteiger charge is -2.35. The van der Waals surface area contributed by atoms with Crippen molar-refractivity contribution in [3.63, 3.8) is 0 Å². The number of hydrogen-bond donors (Lipinski definition) is 0. The van der Waals surface area contributed by atoms with E-state index in [1.165, 1.54) is 5.56 Å². The Labute approximate surface area is 197 Å². The topological polar surface area (TPSA) is 60.5 Å². The van der Waals surface area contributed by atoms with E-state index in [0.717, 1.165) is 36.9 Å². The van der Waals surface area contributed by atoms with Crippen LogP contribution in [0.15, 0.2) is 48.5 Å². The van der Waals surface area contributed by atoms with Crippen LogP contribution < -0.4 is 14.2 Å². The molecule has 33 heavy (non-hydrogen) atoms. The molecule has 180 valence electrons. The van der Waals surface area contributed by atoms with Crippen molar-refractivity contribution >= 4 is 6.09 Å². The van der Waals surface area contributed by atoms with E-state index in [0.29, 0.717) is 32.9 Å². The maximum absolute atomic E-state index is 12.2. The lowest BCUT2D eigenvalue weighted by Crippen LogP contribution is -2.49. The van der Waals surface area contributed by atoms with Gasteiger partial charge < -0.3 is 23.8 Å². The highest BCUT2D eigenvalue weighted by atomic mass is 16.6. The Hall–Kier alpha value is -2.93. The Morgan fingerprint density at radius 1 is 0.788 bits per heavy atom. The average molecular weight is 457 g/mol. The van der Waals surface area contributed by atoms with Gasteiger partial charge in [-0.3, -0.25) is 4.90 Å². The third kappa shape index (κ3) is 8.50. The summed E-state index contributed by atoms with van der Waals surface area (Å²) in [5, 5.41) is 0. The van der Waals surface area contributed by atoms with Gasteiger partial charge in [-0.05, 0) is 69.7 Å². The van der Waals surface area contributed by atoms with Gasteiger partial charge in [0.15, 0.2) is 0 Å². The zero-order chi connectivity index (χ0) is 23.7. The SMILES string of the molecule is CCOc1ccc(OCCOc2ccc(CN3CCN(C(=O)OC(C)(C)C)CC3)cc2)cc1. The predicted molar refractivity (Wildman–Crippen MR) is 128 cm³/mol. The number of hydrogen-bond acceptors (Lipinski definition) is 6. The van der Waals surface area contributed by atoms with Crippen molar-refractivity contribution in [2.75, 3.05) is 46.0 Å². The standard InChI is InChI=1S/C26H36N2O5/c1-5-30-22-10-12-24(13-11-22)32-19-18-31-23-8-6-21(7-9-23)20-27-14-16-28(17-15-27)25(29)33-26(2,3)4/h6-13H,5,14-20H2,1-4H3. The van der Waals surface area contributed by atoms with Gasteiger partial charge in [-0.2, -0.15) is 0 Å². The van der Waals surface area contributed by atoms with Crippen molar-refractivity contribution in [1.29, 1.82) is 0 Å². The first-order chi connectivity index (χ1) is 15.8. The largest absolute Gasteiger partial charge is 0.494 e. The second kappa shape index (κ2) is 11.8. The lowest BCUT2D eigenvalue weighted by molar-refractivity contribution is 0.0139. The highest BCUT2D eigenvalue weighted by molar-refractivity contribution is 5.68. The zero-order valence-corrected chi connectivity index (χ0v) is 20.2. The Bertz CT molecular complexity index is 854. The van der Waals surface area contributed by atoms with E-state index in [4.69, 9.17) is 18.9 Å². The highest BCUT2D eigenvalue weighted by Crippen LogP contribution is 2.18. The predicted octanol–water partition coefficient (Wildman–Crippen LogP) is 4.60. The van der Waals surface area contributed by atoms with E-state index in [1.54, 1.807) is 4.90 Å². The molecule has 2 aromatic carbocycles. The number of carbonyl (C=O) groups excluding carboxylic acids is 1. The van der Waals surface area contributed by atoms with Crippen LogP contribution in [-0.2, 0) is 11.3 Å². The van der Waals surface area contributed by atoms with Crippen molar-refractivity contribution in [3.8, 4) is 17.2 Å². The molecule has 0 unspecified atom stereocenters. The van der Waals surface area contributed by atoms with Gasteiger partial charge in [0, 0.05) is 32.7 Å². The first-order valence-corrected chi connectivity index (χ1v) is 11.6. The van der Waals surface area contributed by atoms with Crippen molar-refractivity contribution in [3.05, 3.63) is 54.1 Å². The van der Waals surface area contributed by atoms with Crippen LogP contribution in [0.2, 0.25) is 0 Å². The molecule has 1 aliphatic rings. The molecule has 0 spiro atoms. The molecule has 0 N–H and O–H groups in total. The molecule has 0 aromatic heterocycles. The smallest absolute Gasteiger partial charge is 0.410 e. The molecule has 0 atom stereocenters. The number of carbonyl (C=O) groups is 1. The minimum absolute atomic E-state index is 0.227. The van der Waals surface area contributed by atoms with Crippen LogP contribution >= 0.6 is 0 Å². The molecule has 3 rings (SSSR count). The summed E-state index contributed by atoms with van der Waals surface area (Å²) in [4.78, 5) is 16.3. The summed E-state index contributed by atoms with van der Waals surface area (Å²) in [5.74, 6) is 2.46. The summed E-state index contributed by atoms with van der Waals surface area (Å²) in [7, 11) is 0. The molecule has 0 saturated carbocycles. The van der Waals surface area contributed by atoms with Crippen molar-refractivity contribution in [2.45, 2.75) is 39.8 Å². The molecule has 0 aliphatic carbocycles. The normalized spacial score (nSPS) is 14.6. The van der Waals surface area contributed by atoms with Crippen molar-refractivity contribution in [2.24, 2.45) is 0 Å². The molecule has 7 nitrogen and oxygen atoms in total. The molecule has 2 aromatic rings. The molecule has 1 amide bonds. The summed E-state index contributed by atoms with van der Waals surface area (Å²) in [6.07, 6.45) is -0.227. The maximum Gasteiger partial charge on any atom is 0.410 e. The van der Waals surface area contributed by atoms with E-state index in [9.17, 15) is 4.79 Å². The second-order valence-electron chi connectivity index (χ2n) is 8.99. The molecule has 1 heterocycles. The summed E-state index contributed by atoms with van der Waals surface area (Å²) in [6.45, 7) is 13.1. The number of rotatable bonds is 9. The van der Waals surface area contributed by atoms with E-state index in [2.05, 4.69) is 17.0 Å². The number of benzene rings is 2. The summed E-state index contributed by atoms with van der Waals surface area (Å²) in [6, 6.07) is 15.7. The molecular weight excluding hydrogens is 420 g/mol. The average Bonchev–Trinajstić information content (AvgIpc) is 2.78. The molecule has 1 saturated heterocycles. The summed E-state index contributed by atoms with van der Waals surface area (Å²) < 4.78 is 22.4. The molecular formula is C26H36N2O5. The van der Waals surface area contributed by atoms with Crippen molar-refractivity contribution < 1.29 is 23.7 Å². The lowest BCUT2D eigenvalue weighted by atomic mass is 10.2. The Kier molecular flexibility index (Phi) is 8.83. The molecule has 1 fully saturated rings. The number of ether oxygens (including phenoxy) is 4. The highest BCUT2D eigenvalue weighted by Gasteiger charge is 2.25. The Balaban J connectivity index is 1.34. The molecule has 0 bridgehead atoms. The fourth-order valence-corrected chi connectivity index (χ4v) is 3.48. The van der Waals surface area contributed by atoms with Crippen molar-refractivity contribution in [1.82, 2.24) is 9.80 Å². The van der Waals surface area contributed by atoms with Crippen LogP contribution in [-0.4, -0.2) is 67.5 Å². The van der Waals surface area contributed by atoms with Gasteiger partial charge in [0.1, 0.15) is 36.1 Å². The van der Waals surface area contributed by atoms with Crippen LogP contribution in [0.5, 0.6) is 17.2 Å². The second-order valence-corrected chi connectivity index (χ2v) is 8.99. The number of piperazine rings is 1. The minimum Gasteiger partial charge on any atom is -0.494 e. The van der Waals surface area contributed by atoms with Gasteiger partial charge in [0.05, 0.1) is 6.61 Å². The summed E-state index contributed by atoms with van der Waals surface area (Å²) in [5.41, 5.74) is 0.762. The van der Waals surface area contributed by atoms with Crippen LogP contribution in [0.3, 0.4) is 0 Å². The Morgan fingerprint density at radius 2 is 1.27 bits per heavy atom. The zero-order valence-electron chi connectivity index (χ0n) is 20.2. The molecule has 0 radical (unpaired) electrons. The fourth-order valence-electron chi connectivity index (χ4n) is 3.48. The minimum atomic E-state index is -0.459. The third-order valence-corrected chi connectivity index (χ3v) is 5.11. The van der Waals surface area contributed by atoms with Gasteiger partial charge in [0.25, 0.3) is 0 Å². The van der Waals surface area contributed by atoms with Crippen LogP contribution in [0.25, 0.3) is 0 Å².